The van der Waals surface area contributed by atoms with Gasteiger partial charge in [-0.05, 0) is 30.1 Å². The molecular weight excluding hydrogens is 276 g/mol. The zero-order valence-electron chi connectivity index (χ0n) is 10.8. The van der Waals surface area contributed by atoms with E-state index in [9.17, 15) is 4.79 Å². The third-order valence-electron chi connectivity index (χ3n) is 2.41. The number of pyridine rings is 1. The molecule has 20 heavy (non-hydrogen) atoms. The predicted molar refractivity (Wildman–Crippen MR) is 75.4 cm³/mol. The molecule has 0 aliphatic heterocycles. The summed E-state index contributed by atoms with van der Waals surface area (Å²) in [6.45, 7) is 1.70. The molecule has 2 heterocycles. The lowest BCUT2D eigenvalue weighted by Gasteiger charge is -2.03. The van der Waals surface area contributed by atoms with Crippen molar-refractivity contribution in [3.8, 4) is 11.8 Å². The summed E-state index contributed by atoms with van der Waals surface area (Å²) >= 11 is 1.06. The van der Waals surface area contributed by atoms with Gasteiger partial charge in [0.1, 0.15) is 17.3 Å². The van der Waals surface area contributed by atoms with Crippen molar-refractivity contribution in [2.24, 2.45) is 0 Å². The largest absolute Gasteiger partial charge is 0.384 e. The van der Waals surface area contributed by atoms with Crippen LogP contribution in [-0.2, 0) is 6.42 Å². The van der Waals surface area contributed by atoms with Crippen LogP contribution in [0.2, 0.25) is 0 Å². The van der Waals surface area contributed by atoms with Crippen LogP contribution in [-0.4, -0.2) is 32.2 Å². The Morgan fingerprint density at radius 2 is 2.40 bits per heavy atom. The van der Waals surface area contributed by atoms with Gasteiger partial charge in [-0.1, -0.05) is 23.3 Å². The highest BCUT2D eigenvalue weighted by Crippen LogP contribution is 2.14. The Morgan fingerprint density at radius 1 is 1.55 bits per heavy atom. The van der Waals surface area contributed by atoms with E-state index in [4.69, 9.17) is 5.11 Å². The van der Waals surface area contributed by atoms with E-state index in [1.807, 2.05) is 6.92 Å². The minimum atomic E-state index is -0.281. The molecule has 0 radical (unpaired) electrons. The fourth-order valence-electron chi connectivity index (χ4n) is 1.50. The number of aryl methyl sites for hydroxylation is 1. The van der Waals surface area contributed by atoms with Gasteiger partial charge in [0.25, 0.3) is 5.91 Å². The zero-order chi connectivity index (χ0) is 14.4. The predicted octanol–water partition coefficient (Wildman–Crippen LogP) is 1.09. The van der Waals surface area contributed by atoms with Crippen molar-refractivity contribution in [3.05, 3.63) is 34.5 Å². The molecule has 7 heteroatoms. The normalized spacial score (nSPS) is 9.70. The molecule has 2 aromatic heterocycles. The Balaban J connectivity index is 2.16. The standard InChI is InChI=1S/C13H12N4O2S/c1-2-10-12(20-17-16-10)13(19)15-11-8-9(4-3-7-18)5-6-14-11/h5-6,8,18H,2,7H2,1H3,(H,14,15,19). The SMILES string of the molecule is CCc1nnsc1C(=O)Nc1cc(C#CCO)ccn1. The molecule has 2 rings (SSSR count). The monoisotopic (exact) mass is 288 g/mol. The molecule has 0 aliphatic rings. The molecule has 102 valence electrons. The van der Waals surface area contributed by atoms with Gasteiger partial charge in [0.15, 0.2) is 0 Å². The third kappa shape index (κ3) is 3.38. The van der Waals surface area contributed by atoms with E-state index in [0.717, 1.165) is 11.5 Å². The molecule has 0 aromatic carbocycles. The maximum atomic E-state index is 12.1. The summed E-state index contributed by atoms with van der Waals surface area (Å²) in [5.41, 5.74) is 1.34. The van der Waals surface area contributed by atoms with Crippen LogP contribution < -0.4 is 5.32 Å². The second-order valence-electron chi connectivity index (χ2n) is 3.75. The van der Waals surface area contributed by atoms with Gasteiger partial charge in [-0.3, -0.25) is 4.79 Å². The van der Waals surface area contributed by atoms with Gasteiger partial charge in [0.05, 0.1) is 5.69 Å². The Morgan fingerprint density at radius 3 is 3.15 bits per heavy atom. The highest BCUT2D eigenvalue weighted by atomic mass is 32.1. The number of hydrogen-bond donors (Lipinski definition) is 2. The van der Waals surface area contributed by atoms with Crippen molar-refractivity contribution >= 4 is 23.3 Å². The average molecular weight is 288 g/mol. The van der Waals surface area contributed by atoms with Crippen molar-refractivity contribution in [1.29, 1.82) is 0 Å². The Kier molecular flexibility index (Phi) is 4.76. The quantitative estimate of drug-likeness (QED) is 0.825. The van der Waals surface area contributed by atoms with E-state index < -0.39 is 0 Å². The van der Waals surface area contributed by atoms with Crippen LogP contribution in [0.15, 0.2) is 18.3 Å². The molecular formula is C13H12N4O2S. The Hall–Kier alpha value is -2.30. The lowest BCUT2D eigenvalue weighted by Crippen LogP contribution is -2.13. The average Bonchev–Trinajstić information content (AvgIpc) is 2.94. The summed E-state index contributed by atoms with van der Waals surface area (Å²) in [4.78, 5) is 16.6. The van der Waals surface area contributed by atoms with E-state index in [1.54, 1.807) is 18.3 Å². The number of rotatable bonds is 3. The minimum Gasteiger partial charge on any atom is -0.384 e. The van der Waals surface area contributed by atoms with E-state index in [2.05, 4.69) is 31.7 Å². The molecule has 6 nitrogen and oxygen atoms in total. The van der Waals surface area contributed by atoms with Gasteiger partial charge in [-0.15, -0.1) is 5.10 Å². The maximum absolute atomic E-state index is 12.1. The van der Waals surface area contributed by atoms with Gasteiger partial charge in [0, 0.05) is 11.8 Å². The number of carbonyl (C=O) groups excluding carboxylic acids is 1. The number of aromatic nitrogens is 3. The first-order valence-corrected chi connectivity index (χ1v) is 6.70. The van der Waals surface area contributed by atoms with Crippen molar-refractivity contribution in [1.82, 2.24) is 14.6 Å². The van der Waals surface area contributed by atoms with E-state index in [-0.39, 0.29) is 12.5 Å². The lowest BCUT2D eigenvalue weighted by atomic mass is 10.2. The first kappa shape index (κ1) is 14.1. The molecule has 2 N–H and O–H groups in total. The fourth-order valence-corrected chi connectivity index (χ4v) is 2.15. The number of aliphatic hydroxyl groups excluding tert-OH is 1. The smallest absolute Gasteiger partial charge is 0.270 e. The highest BCUT2D eigenvalue weighted by molar-refractivity contribution is 7.08. The summed E-state index contributed by atoms with van der Waals surface area (Å²) in [6.07, 6.45) is 2.19. The number of amides is 1. The Labute approximate surface area is 120 Å². The second-order valence-corrected chi connectivity index (χ2v) is 4.50. The molecule has 0 atom stereocenters. The lowest BCUT2D eigenvalue weighted by molar-refractivity contribution is 0.102. The number of nitrogens with one attached hydrogen (secondary N) is 1. The third-order valence-corrected chi connectivity index (χ3v) is 3.18. The molecule has 0 saturated carbocycles. The molecule has 1 amide bonds. The van der Waals surface area contributed by atoms with Gasteiger partial charge in [0.2, 0.25) is 0 Å². The van der Waals surface area contributed by atoms with Crippen molar-refractivity contribution in [2.45, 2.75) is 13.3 Å². The Bertz CT molecular complexity index is 672. The topological polar surface area (TPSA) is 88.0 Å². The van der Waals surface area contributed by atoms with Crippen LogP contribution in [0.1, 0.15) is 27.9 Å². The van der Waals surface area contributed by atoms with Crippen LogP contribution in [0.25, 0.3) is 0 Å². The summed E-state index contributed by atoms with van der Waals surface area (Å²) in [7, 11) is 0. The first-order valence-electron chi connectivity index (χ1n) is 5.93. The summed E-state index contributed by atoms with van der Waals surface area (Å²) < 4.78 is 3.77. The van der Waals surface area contributed by atoms with Crippen LogP contribution in [0.5, 0.6) is 0 Å². The summed E-state index contributed by atoms with van der Waals surface area (Å²) in [5, 5.41) is 15.2. The summed E-state index contributed by atoms with van der Waals surface area (Å²) in [6, 6.07) is 3.34. The first-order chi connectivity index (χ1) is 9.74. The molecule has 0 aliphatic carbocycles. The van der Waals surface area contributed by atoms with Crippen LogP contribution in [0.4, 0.5) is 5.82 Å². The van der Waals surface area contributed by atoms with Gasteiger partial charge in [-0.25, -0.2) is 4.98 Å². The molecule has 0 saturated heterocycles. The fraction of sp³-hybridized carbons (Fsp3) is 0.231. The number of hydrogen-bond acceptors (Lipinski definition) is 6. The molecule has 0 fully saturated rings. The number of carbonyl (C=O) groups is 1. The summed E-state index contributed by atoms with van der Waals surface area (Å²) in [5.74, 6) is 5.41. The van der Waals surface area contributed by atoms with Crippen molar-refractivity contribution < 1.29 is 9.90 Å². The molecule has 0 bridgehead atoms. The van der Waals surface area contributed by atoms with Crippen LogP contribution >= 0.6 is 11.5 Å². The van der Waals surface area contributed by atoms with Gasteiger partial charge < -0.3 is 10.4 Å². The number of nitrogens with zero attached hydrogens (tertiary/aromatic N) is 3. The number of anilines is 1. The van der Waals surface area contributed by atoms with E-state index in [1.165, 1.54) is 0 Å². The van der Waals surface area contributed by atoms with Crippen molar-refractivity contribution in [2.75, 3.05) is 11.9 Å². The van der Waals surface area contributed by atoms with Crippen LogP contribution in [0.3, 0.4) is 0 Å². The molecule has 0 unspecified atom stereocenters. The molecule has 0 spiro atoms. The van der Waals surface area contributed by atoms with Crippen LogP contribution in [0, 0.1) is 11.8 Å². The second kappa shape index (κ2) is 6.75. The molecule has 2 aromatic rings. The maximum Gasteiger partial charge on any atom is 0.270 e. The highest BCUT2D eigenvalue weighted by Gasteiger charge is 2.15. The minimum absolute atomic E-state index is 0.212. The van der Waals surface area contributed by atoms with Gasteiger partial charge in [-0.2, -0.15) is 0 Å². The van der Waals surface area contributed by atoms with Gasteiger partial charge >= 0.3 is 0 Å². The number of aliphatic hydroxyl groups is 1. The van der Waals surface area contributed by atoms with E-state index >= 15 is 0 Å². The van der Waals surface area contributed by atoms with E-state index in [0.29, 0.717) is 28.4 Å². The van der Waals surface area contributed by atoms with Crippen molar-refractivity contribution in [3.63, 3.8) is 0 Å². The zero-order valence-corrected chi connectivity index (χ0v) is 11.6.